The summed E-state index contributed by atoms with van der Waals surface area (Å²) < 4.78 is 0. The highest BCUT2D eigenvalue weighted by Crippen LogP contribution is 2.37. The first kappa shape index (κ1) is 8.54. The standard InChI is InChI=1S/C11H16N2/c1-8-4-3-5-12-11(8)13-7-10-6-9(10)2/h3-5,9-10H,6-7H2,1-2H3,(H,12,13). The van der Waals surface area contributed by atoms with Gasteiger partial charge in [0.05, 0.1) is 0 Å². The van der Waals surface area contributed by atoms with Crippen LogP contribution in [-0.4, -0.2) is 11.5 Å². The van der Waals surface area contributed by atoms with Crippen molar-refractivity contribution in [2.45, 2.75) is 20.3 Å². The third kappa shape index (κ3) is 2.00. The molecule has 2 nitrogen and oxygen atoms in total. The maximum Gasteiger partial charge on any atom is 0.128 e. The van der Waals surface area contributed by atoms with Gasteiger partial charge in [-0.1, -0.05) is 13.0 Å². The molecule has 2 heteroatoms. The van der Waals surface area contributed by atoms with Crippen LogP contribution in [0.1, 0.15) is 18.9 Å². The number of aromatic nitrogens is 1. The molecule has 1 saturated carbocycles. The van der Waals surface area contributed by atoms with Gasteiger partial charge in [0.2, 0.25) is 0 Å². The van der Waals surface area contributed by atoms with Crippen molar-refractivity contribution in [3.05, 3.63) is 23.9 Å². The highest BCUT2D eigenvalue weighted by atomic mass is 15.0. The molecule has 1 aliphatic rings. The van der Waals surface area contributed by atoms with Gasteiger partial charge in [-0.2, -0.15) is 0 Å². The third-order valence-electron chi connectivity index (χ3n) is 2.82. The minimum atomic E-state index is 0.876. The highest BCUT2D eigenvalue weighted by Gasteiger charge is 2.31. The fraction of sp³-hybridized carbons (Fsp3) is 0.545. The Morgan fingerprint density at radius 3 is 3.00 bits per heavy atom. The summed E-state index contributed by atoms with van der Waals surface area (Å²) in [5, 5.41) is 3.39. The Kier molecular flexibility index (Phi) is 2.21. The predicted octanol–water partition coefficient (Wildman–Crippen LogP) is 2.46. The van der Waals surface area contributed by atoms with E-state index in [2.05, 4.69) is 30.2 Å². The topological polar surface area (TPSA) is 24.9 Å². The van der Waals surface area contributed by atoms with Gasteiger partial charge in [0, 0.05) is 12.7 Å². The van der Waals surface area contributed by atoms with E-state index in [0.717, 1.165) is 24.2 Å². The molecule has 0 radical (unpaired) electrons. The number of hydrogen-bond donors (Lipinski definition) is 1. The normalized spacial score (nSPS) is 25.7. The predicted molar refractivity (Wildman–Crippen MR) is 54.7 cm³/mol. The molecule has 0 aliphatic heterocycles. The lowest BCUT2D eigenvalue weighted by Crippen LogP contribution is -2.06. The average molecular weight is 176 g/mol. The molecule has 1 fully saturated rings. The Bertz CT molecular complexity index is 296. The summed E-state index contributed by atoms with van der Waals surface area (Å²) in [6.07, 6.45) is 3.21. The van der Waals surface area contributed by atoms with Crippen LogP contribution in [0.25, 0.3) is 0 Å². The number of aryl methyl sites for hydroxylation is 1. The Hall–Kier alpha value is -1.05. The van der Waals surface area contributed by atoms with Crippen molar-refractivity contribution in [1.29, 1.82) is 0 Å². The molecular formula is C11H16N2. The van der Waals surface area contributed by atoms with Gasteiger partial charge < -0.3 is 5.32 Å². The van der Waals surface area contributed by atoms with E-state index in [0.29, 0.717) is 0 Å². The lowest BCUT2D eigenvalue weighted by Gasteiger charge is -2.06. The van der Waals surface area contributed by atoms with Crippen LogP contribution in [0.3, 0.4) is 0 Å². The number of nitrogens with one attached hydrogen (secondary N) is 1. The van der Waals surface area contributed by atoms with E-state index in [4.69, 9.17) is 0 Å². The fourth-order valence-corrected chi connectivity index (χ4v) is 1.58. The molecule has 0 bridgehead atoms. The molecular weight excluding hydrogens is 160 g/mol. The van der Waals surface area contributed by atoms with Crippen molar-refractivity contribution in [1.82, 2.24) is 4.98 Å². The van der Waals surface area contributed by atoms with Gasteiger partial charge >= 0.3 is 0 Å². The largest absolute Gasteiger partial charge is 0.370 e. The molecule has 0 amide bonds. The number of nitrogens with zero attached hydrogens (tertiary/aromatic N) is 1. The lowest BCUT2D eigenvalue weighted by molar-refractivity contribution is 0.784. The summed E-state index contributed by atoms with van der Waals surface area (Å²) in [4.78, 5) is 4.29. The van der Waals surface area contributed by atoms with Crippen molar-refractivity contribution in [2.75, 3.05) is 11.9 Å². The second-order valence-corrected chi connectivity index (χ2v) is 4.02. The highest BCUT2D eigenvalue weighted by molar-refractivity contribution is 5.42. The third-order valence-corrected chi connectivity index (χ3v) is 2.82. The maximum atomic E-state index is 4.29. The molecule has 1 aromatic heterocycles. The van der Waals surface area contributed by atoms with Gasteiger partial charge in [-0.25, -0.2) is 4.98 Å². The number of rotatable bonds is 3. The molecule has 1 heterocycles. The van der Waals surface area contributed by atoms with E-state index in [9.17, 15) is 0 Å². The summed E-state index contributed by atoms with van der Waals surface area (Å²) in [5.74, 6) is 2.83. The summed E-state index contributed by atoms with van der Waals surface area (Å²) in [5.41, 5.74) is 1.23. The maximum absolute atomic E-state index is 4.29. The van der Waals surface area contributed by atoms with Crippen molar-refractivity contribution >= 4 is 5.82 Å². The van der Waals surface area contributed by atoms with E-state index in [1.165, 1.54) is 12.0 Å². The monoisotopic (exact) mass is 176 g/mol. The van der Waals surface area contributed by atoms with Crippen LogP contribution < -0.4 is 5.32 Å². The van der Waals surface area contributed by atoms with Crippen LogP contribution in [-0.2, 0) is 0 Å². The van der Waals surface area contributed by atoms with Crippen molar-refractivity contribution in [2.24, 2.45) is 11.8 Å². The quantitative estimate of drug-likeness (QED) is 0.765. The summed E-state index contributed by atoms with van der Waals surface area (Å²) in [6.45, 7) is 5.47. The first-order valence-electron chi connectivity index (χ1n) is 4.93. The molecule has 2 unspecified atom stereocenters. The van der Waals surface area contributed by atoms with Crippen LogP contribution in [0.2, 0.25) is 0 Å². The zero-order chi connectivity index (χ0) is 9.26. The Morgan fingerprint density at radius 1 is 1.62 bits per heavy atom. The first-order chi connectivity index (χ1) is 6.27. The minimum absolute atomic E-state index is 0.876. The second kappa shape index (κ2) is 3.36. The molecule has 1 aromatic rings. The minimum Gasteiger partial charge on any atom is -0.370 e. The number of pyridine rings is 1. The van der Waals surface area contributed by atoms with E-state index in [1.54, 1.807) is 0 Å². The van der Waals surface area contributed by atoms with E-state index in [-0.39, 0.29) is 0 Å². The first-order valence-corrected chi connectivity index (χ1v) is 4.93. The molecule has 70 valence electrons. The van der Waals surface area contributed by atoms with Crippen LogP contribution in [0.4, 0.5) is 5.82 Å². The Labute approximate surface area is 79.4 Å². The number of hydrogen-bond acceptors (Lipinski definition) is 2. The summed E-state index contributed by atoms with van der Waals surface area (Å²) >= 11 is 0. The summed E-state index contributed by atoms with van der Waals surface area (Å²) in [6, 6.07) is 4.06. The Morgan fingerprint density at radius 2 is 2.38 bits per heavy atom. The molecule has 0 saturated heterocycles. The molecule has 13 heavy (non-hydrogen) atoms. The van der Waals surface area contributed by atoms with Gasteiger partial charge in [0.25, 0.3) is 0 Å². The molecule has 1 N–H and O–H groups in total. The van der Waals surface area contributed by atoms with Gasteiger partial charge in [0.15, 0.2) is 0 Å². The van der Waals surface area contributed by atoms with Crippen LogP contribution in [0, 0.1) is 18.8 Å². The van der Waals surface area contributed by atoms with Gasteiger partial charge in [-0.3, -0.25) is 0 Å². The van der Waals surface area contributed by atoms with E-state index < -0.39 is 0 Å². The number of anilines is 1. The van der Waals surface area contributed by atoms with Gasteiger partial charge in [-0.05, 0) is 36.8 Å². The van der Waals surface area contributed by atoms with E-state index >= 15 is 0 Å². The summed E-state index contributed by atoms with van der Waals surface area (Å²) in [7, 11) is 0. The molecule has 2 atom stereocenters. The smallest absolute Gasteiger partial charge is 0.128 e. The fourth-order valence-electron chi connectivity index (χ4n) is 1.58. The van der Waals surface area contributed by atoms with Gasteiger partial charge in [0.1, 0.15) is 5.82 Å². The zero-order valence-corrected chi connectivity index (χ0v) is 8.25. The van der Waals surface area contributed by atoms with Gasteiger partial charge in [-0.15, -0.1) is 0 Å². The second-order valence-electron chi connectivity index (χ2n) is 4.02. The van der Waals surface area contributed by atoms with Crippen molar-refractivity contribution in [3.63, 3.8) is 0 Å². The average Bonchev–Trinajstić information content (AvgIpc) is 2.81. The van der Waals surface area contributed by atoms with Crippen molar-refractivity contribution in [3.8, 4) is 0 Å². The van der Waals surface area contributed by atoms with Crippen LogP contribution in [0.15, 0.2) is 18.3 Å². The Balaban J connectivity index is 1.90. The molecule has 0 aromatic carbocycles. The molecule has 2 rings (SSSR count). The van der Waals surface area contributed by atoms with Crippen LogP contribution in [0.5, 0.6) is 0 Å². The van der Waals surface area contributed by atoms with Crippen LogP contribution >= 0.6 is 0 Å². The lowest BCUT2D eigenvalue weighted by atomic mass is 10.3. The van der Waals surface area contributed by atoms with Crippen molar-refractivity contribution < 1.29 is 0 Å². The SMILES string of the molecule is Cc1cccnc1NCC1CC1C. The molecule has 0 spiro atoms. The molecule has 1 aliphatic carbocycles. The zero-order valence-electron chi connectivity index (χ0n) is 8.25. The van der Waals surface area contributed by atoms with E-state index in [1.807, 2.05) is 12.3 Å².